The van der Waals surface area contributed by atoms with Crippen LogP contribution in [0.2, 0.25) is 0 Å². The molecule has 0 aliphatic heterocycles. The number of rotatable bonds is 5. The molecule has 3 aromatic heterocycles. The van der Waals surface area contributed by atoms with Crippen LogP contribution >= 0.6 is 0 Å². The fraction of sp³-hybridized carbons (Fsp3) is 0. The topological polar surface area (TPSA) is 56.7 Å². The van der Waals surface area contributed by atoms with Gasteiger partial charge in [-0.25, -0.2) is 15.0 Å². The molecule has 5 nitrogen and oxygen atoms in total. The molecule has 0 amide bonds. The molecule has 252 valence electrons. The highest BCUT2D eigenvalue weighted by atomic mass is 16.3. The number of nitrogens with zero attached hydrogens (tertiary/aromatic N) is 4. The molecule has 3 heterocycles. The summed E-state index contributed by atoms with van der Waals surface area (Å²) < 4.78 is 9.10. The highest BCUT2D eigenvalue weighted by molar-refractivity contribution is 6.35. The molecule has 0 bridgehead atoms. The van der Waals surface area contributed by atoms with Gasteiger partial charge in [-0.2, -0.15) is 0 Å². The van der Waals surface area contributed by atoms with Crippen molar-refractivity contribution in [1.82, 2.24) is 19.5 Å². The maximum absolute atomic E-state index is 6.75. The highest BCUT2D eigenvalue weighted by Gasteiger charge is 2.23. The first-order valence-corrected chi connectivity index (χ1v) is 18.1. The second-order valence-electron chi connectivity index (χ2n) is 13.6. The maximum atomic E-state index is 6.75. The molecule has 0 aliphatic carbocycles. The van der Waals surface area contributed by atoms with Gasteiger partial charge >= 0.3 is 0 Å². The van der Waals surface area contributed by atoms with Gasteiger partial charge in [0.05, 0.1) is 11.0 Å². The number of aromatic nitrogens is 4. The van der Waals surface area contributed by atoms with Crippen molar-refractivity contribution < 1.29 is 4.42 Å². The lowest BCUT2D eigenvalue weighted by Crippen LogP contribution is -2.00. The van der Waals surface area contributed by atoms with E-state index < -0.39 is 0 Å². The van der Waals surface area contributed by atoms with Gasteiger partial charge in [0.1, 0.15) is 5.58 Å². The SMILES string of the molecule is c1ccc(-c2ccc(-c3nc(-c4ccccc4)nc(-c4ccc(-n5c6ccccc6c6c7ccccc7c7c8ccccc8oc7c65)cc4)n3)cc2)cc1. The Morgan fingerprint density at radius 2 is 0.796 bits per heavy atom. The van der Waals surface area contributed by atoms with E-state index in [1.807, 2.05) is 42.5 Å². The van der Waals surface area contributed by atoms with Crippen LogP contribution < -0.4 is 0 Å². The van der Waals surface area contributed by atoms with E-state index in [-0.39, 0.29) is 0 Å². The summed E-state index contributed by atoms with van der Waals surface area (Å²) in [5.41, 5.74) is 10.1. The quantitative estimate of drug-likeness (QED) is 0.180. The van der Waals surface area contributed by atoms with Crippen molar-refractivity contribution in [3.8, 4) is 51.0 Å². The minimum absolute atomic E-state index is 0.616. The van der Waals surface area contributed by atoms with Crippen LogP contribution in [0.25, 0.3) is 105 Å². The van der Waals surface area contributed by atoms with Gasteiger partial charge in [0.15, 0.2) is 23.1 Å². The lowest BCUT2D eigenvalue weighted by atomic mass is 9.99. The van der Waals surface area contributed by atoms with E-state index in [1.165, 1.54) is 27.1 Å². The lowest BCUT2D eigenvalue weighted by Gasteiger charge is -2.11. The predicted molar refractivity (Wildman–Crippen MR) is 221 cm³/mol. The van der Waals surface area contributed by atoms with E-state index >= 15 is 0 Å². The van der Waals surface area contributed by atoms with Crippen molar-refractivity contribution in [2.24, 2.45) is 0 Å². The fourth-order valence-corrected chi connectivity index (χ4v) is 7.95. The molecule has 5 heteroatoms. The van der Waals surface area contributed by atoms with Gasteiger partial charge in [-0.1, -0.05) is 146 Å². The van der Waals surface area contributed by atoms with Gasteiger partial charge in [-0.15, -0.1) is 0 Å². The minimum atomic E-state index is 0.616. The van der Waals surface area contributed by atoms with Gasteiger partial charge in [0.25, 0.3) is 0 Å². The summed E-state index contributed by atoms with van der Waals surface area (Å²) >= 11 is 0. The Labute approximate surface area is 310 Å². The van der Waals surface area contributed by atoms with Crippen molar-refractivity contribution in [1.29, 1.82) is 0 Å². The number of hydrogen-bond donors (Lipinski definition) is 0. The number of fused-ring (bicyclic) bond motifs is 10. The minimum Gasteiger partial charge on any atom is -0.454 e. The Kier molecular flexibility index (Phi) is 6.79. The van der Waals surface area contributed by atoms with E-state index in [0.29, 0.717) is 17.5 Å². The van der Waals surface area contributed by atoms with Gasteiger partial charge in [0.2, 0.25) is 0 Å². The normalized spacial score (nSPS) is 11.7. The number of furan rings is 1. The Morgan fingerprint density at radius 1 is 0.352 bits per heavy atom. The molecule has 11 rings (SSSR count). The van der Waals surface area contributed by atoms with Crippen molar-refractivity contribution in [2.45, 2.75) is 0 Å². The van der Waals surface area contributed by atoms with Crippen LogP contribution in [0.1, 0.15) is 0 Å². The Morgan fingerprint density at radius 3 is 1.44 bits per heavy atom. The van der Waals surface area contributed by atoms with Crippen molar-refractivity contribution in [3.63, 3.8) is 0 Å². The second-order valence-corrected chi connectivity index (χ2v) is 13.6. The van der Waals surface area contributed by atoms with Gasteiger partial charge in [-0.05, 0) is 58.3 Å². The van der Waals surface area contributed by atoms with Crippen LogP contribution in [0.4, 0.5) is 0 Å². The van der Waals surface area contributed by atoms with Crippen molar-refractivity contribution in [3.05, 3.63) is 182 Å². The summed E-state index contributed by atoms with van der Waals surface area (Å²) in [6.45, 7) is 0. The molecule has 0 saturated carbocycles. The first-order valence-electron chi connectivity index (χ1n) is 18.1. The van der Waals surface area contributed by atoms with Crippen LogP contribution in [-0.4, -0.2) is 19.5 Å². The summed E-state index contributed by atoms with van der Waals surface area (Å²) in [5.74, 6) is 1.88. The monoisotopic (exact) mass is 690 g/mol. The predicted octanol–water partition coefficient (Wildman–Crippen LogP) is 12.7. The average molecular weight is 691 g/mol. The maximum Gasteiger partial charge on any atom is 0.164 e. The van der Waals surface area contributed by atoms with E-state index in [9.17, 15) is 0 Å². The zero-order valence-corrected chi connectivity index (χ0v) is 29.0. The molecule has 0 aliphatic rings. The van der Waals surface area contributed by atoms with Gasteiger partial charge < -0.3 is 8.98 Å². The standard InChI is InChI=1S/C49H30N4O/c1-3-13-31(14-4-1)32-23-25-34(26-24-32)48-50-47(33-15-5-2-6-16-33)51-49(52-48)35-27-29-36(30-28-35)53-41-21-11-9-19-39(41)43-37-17-7-8-18-38(37)44-40-20-10-12-22-42(40)54-46(44)45(43)53/h1-30H. The zero-order chi connectivity index (χ0) is 35.6. The van der Waals surface area contributed by atoms with E-state index in [2.05, 4.69) is 144 Å². The van der Waals surface area contributed by atoms with Gasteiger partial charge in [-0.3, -0.25) is 0 Å². The van der Waals surface area contributed by atoms with Crippen molar-refractivity contribution in [2.75, 3.05) is 0 Å². The third-order valence-corrected chi connectivity index (χ3v) is 10.5. The summed E-state index contributed by atoms with van der Waals surface area (Å²) in [4.78, 5) is 15.0. The van der Waals surface area contributed by atoms with Crippen LogP contribution in [-0.2, 0) is 0 Å². The Bertz CT molecular complexity index is 3180. The molecule has 0 radical (unpaired) electrons. The summed E-state index contributed by atoms with van der Waals surface area (Å²) in [6.07, 6.45) is 0. The van der Waals surface area contributed by atoms with E-state index in [4.69, 9.17) is 19.4 Å². The largest absolute Gasteiger partial charge is 0.454 e. The molecule has 11 aromatic rings. The first-order chi connectivity index (χ1) is 26.8. The average Bonchev–Trinajstić information content (AvgIpc) is 3.82. The second kappa shape index (κ2) is 12.1. The molecule has 0 saturated heterocycles. The summed E-state index contributed by atoms with van der Waals surface area (Å²) in [5, 5.41) is 7.02. The smallest absolute Gasteiger partial charge is 0.164 e. The molecule has 0 atom stereocenters. The van der Waals surface area contributed by atoms with Gasteiger partial charge in [0, 0.05) is 43.9 Å². The third-order valence-electron chi connectivity index (χ3n) is 10.5. The lowest BCUT2D eigenvalue weighted by molar-refractivity contribution is 0.671. The summed E-state index contributed by atoms with van der Waals surface area (Å²) in [7, 11) is 0. The Balaban J connectivity index is 1.09. The zero-order valence-electron chi connectivity index (χ0n) is 29.0. The molecule has 0 N–H and O–H groups in total. The molecule has 0 unspecified atom stereocenters. The molecular weight excluding hydrogens is 661 g/mol. The van der Waals surface area contributed by atoms with E-state index in [0.717, 1.165) is 60.9 Å². The molecule has 8 aromatic carbocycles. The van der Waals surface area contributed by atoms with Crippen LogP contribution in [0.15, 0.2) is 186 Å². The van der Waals surface area contributed by atoms with Crippen molar-refractivity contribution >= 4 is 54.5 Å². The third kappa shape index (κ3) is 4.76. The first kappa shape index (κ1) is 30.3. The highest BCUT2D eigenvalue weighted by Crippen LogP contribution is 2.45. The number of hydrogen-bond acceptors (Lipinski definition) is 4. The van der Waals surface area contributed by atoms with E-state index in [1.54, 1.807) is 0 Å². The number of benzene rings is 8. The molecular formula is C49H30N4O. The van der Waals surface area contributed by atoms with Crippen LogP contribution in [0, 0.1) is 0 Å². The summed E-state index contributed by atoms with van der Waals surface area (Å²) in [6, 6.07) is 63.1. The molecule has 0 fully saturated rings. The van der Waals surface area contributed by atoms with Crippen LogP contribution in [0.5, 0.6) is 0 Å². The Hall–Kier alpha value is -7.37. The number of para-hydroxylation sites is 2. The molecule has 0 spiro atoms. The molecule has 54 heavy (non-hydrogen) atoms. The fourth-order valence-electron chi connectivity index (χ4n) is 7.95. The van der Waals surface area contributed by atoms with Crippen LogP contribution in [0.3, 0.4) is 0 Å².